The van der Waals surface area contributed by atoms with E-state index < -0.39 is 5.51 Å². The lowest BCUT2D eigenvalue weighted by atomic mass is 10.1. The Kier molecular flexibility index (Phi) is 4.76. The number of hydrogen-bond acceptors (Lipinski definition) is 3. The SMILES string of the molecule is OCC(NCC1CC1)c1ccc(SC(F)(F)F)cc1. The summed E-state index contributed by atoms with van der Waals surface area (Å²) in [5.74, 6) is 0.689. The molecule has 0 radical (unpaired) electrons. The largest absolute Gasteiger partial charge is 0.446 e. The van der Waals surface area contributed by atoms with E-state index in [1.807, 2.05) is 0 Å². The van der Waals surface area contributed by atoms with Gasteiger partial charge in [0.1, 0.15) is 0 Å². The highest BCUT2D eigenvalue weighted by molar-refractivity contribution is 8.00. The van der Waals surface area contributed by atoms with Crippen molar-refractivity contribution >= 4 is 11.8 Å². The van der Waals surface area contributed by atoms with Gasteiger partial charge in [-0.1, -0.05) is 12.1 Å². The third-order valence-corrected chi connectivity index (χ3v) is 3.79. The first-order chi connectivity index (χ1) is 8.98. The second kappa shape index (κ2) is 6.15. The third-order valence-electron chi connectivity index (χ3n) is 3.05. The number of thioether (sulfide) groups is 1. The van der Waals surface area contributed by atoms with Gasteiger partial charge in [-0.3, -0.25) is 0 Å². The molecule has 0 aromatic heterocycles. The zero-order chi connectivity index (χ0) is 13.9. The summed E-state index contributed by atoms with van der Waals surface area (Å²) >= 11 is -0.126. The van der Waals surface area contributed by atoms with Crippen LogP contribution in [0.1, 0.15) is 24.4 Å². The quantitative estimate of drug-likeness (QED) is 0.789. The van der Waals surface area contributed by atoms with E-state index in [-0.39, 0.29) is 29.3 Å². The number of hydrogen-bond donors (Lipinski definition) is 2. The zero-order valence-electron chi connectivity index (χ0n) is 10.3. The first-order valence-corrected chi connectivity index (χ1v) is 6.99. The first kappa shape index (κ1) is 14.7. The number of aliphatic hydroxyl groups is 1. The van der Waals surface area contributed by atoms with E-state index in [0.717, 1.165) is 12.1 Å². The molecule has 6 heteroatoms. The number of benzene rings is 1. The van der Waals surface area contributed by atoms with Crippen LogP contribution in [0, 0.1) is 5.92 Å². The zero-order valence-corrected chi connectivity index (χ0v) is 11.1. The molecule has 1 fully saturated rings. The molecular weight excluding hydrogens is 275 g/mol. The number of nitrogens with one attached hydrogen (secondary N) is 1. The fourth-order valence-corrected chi connectivity index (χ4v) is 2.36. The molecule has 19 heavy (non-hydrogen) atoms. The molecule has 1 atom stereocenters. The minimum absolute atomic E-state index is 0.0571. The van der Waals surface area contributed by atoms with Crippen LogP contribution in [-0.4, -0.2) is 23.8 Å². The average Bonchev–Trinajstić information content (AvgIpc) is 3.14. The molecule has 1 aromatic carbocycles. The van der Waals surface area contributed by atoms with E-state index in [2.05, 4.69) is 5.32 Å². The van der Waals surface area contributed by atoms with Gasteiger partial charge in [0.15, 0.2) is 0 Å². The van der Waals surface area contributed by atoms with Crippen molar-refractivity contribution in [3.8, 4) is 0 Å². The second-order valence-corrected chi connectivity index (χ2v) is 5.84. The molecule has 1 aliphatic carbocycles. The highest BCUT2D eigenvalue weighted by atomic mass is 32.2. The van der Waals surface area contributed by atoms with Crippen LogP contribution in [0.15, 0.2) is 29.2 Å². The Bertz CT molecular complexity index is 403. The predicted octanol–water partition coefficient (Wildman–Crippen LogP) is 3.33. The van der Waals surface area contributed by atoms with Crippen molar-refractivity contribution < 1.29 is 18.3 Å². The molecule has 1 aliphatic rings. The van der Waals surface area contributed by atoms with Gasteiger partial charge in [0, 0.05) is 4.90 Å². The van der Waals surface area contributed by atoms with Gasteiger partial charge in [-0.15, -0.1) is 0 Å². The van der Waals surface area contributed by atoms with Gasteiger partial charge >= 0.3 is 5.51 Å². The fraction of sp³-hybridized carbons (Fsp3) is 0.538. The number of aliphatic hydroxyl groups excluding tert-OH is 1. The Morgan fingerprint density at radius 2 is 1.89 bits per heavy atom. The molecule has 0 aliphatic heterocycles. The standard InChI is InChI=1S/C13H16F3NOS/c14-13(15,16)19-11-5-3-10(4-6-11)12(8-18)17-7-9-1-2-9/h3-6,9,12,17-18H,1-2,7-8H2. The summed E-state index contributed by atoms with van der Waals surface area (Å²) < 4.78 is 36.6. The van der Waals surface area contributed by atoms with Crippen LogP contribution < -0.4 is 5.32 Å². The fourth-order valence-electron chi connectivity index (χ4n) is 1.82. The van der Waals surface area contributed by atoms with Crippen molar-refractivity contribution in [1.29, 1.82) is 0 Å². The number of alkyl halides is 3. The summed E-state index contributed by atoms with van der Waals surface area (Å²) in [6, 6.07) is 5.94. The summed E-state index contributed by atoms with van der Waals surface area (Å²) in [6.07, 6.45) is 2.43. The summed E-state index contributed by atoms with van der Waals surface area (Å²) in [5.41, 5.74) is -3.45. The van der Waals surface area contributed by atoms with Gasteiger partial charge in [0.25, 0.3) is 0 Å². The average molecular weight is 291 g/mol. The molecule has 0 spiro atoms. The van der Waals surface area contributed by atoms with Crippen molar-refractivity contribution in [1.82, 2.24) is 5.32 Å². The number of halogens is 3. The first-order valence-electron chi connectivity index (χ1n) is 6.18. The van der Waals surface area contributed by atoms with Crippen LogP contribution in [0.2, 0.25) is 0 Å². The molecule has 1 saturated carbocycles. The summed E-state index contributed by atoms with van der Waals surface area (Å²) in [4.78, 5) is 0.162. The Morgan fingerprint density at radius 1 is 1.26 bits per heavy atom. The summed E-state index contributed by atoms with van der Waals surface area (Å²) in [6.45, 7) is 0.794. The van der Waals surface area contributed by atoms with Crippen molar-refractivity contribution in [3.63, 3.8) is 0 Å². The van der Waals surface area contributed by atoms with Crippen molar-refractivity contribution in [3.05, 3.63) is 29.8 Å². The molecule has 1 unspecified atom stereocenters. The van der Waals surface area contributed by atoms with Gasteiger partial charge in [0.2, 0.25) is 0 Å². The Balaban J connectivity index is 1.94. The molecule has 0 amide bonds. The van der Waals surface area contributed by atoms with E-state index in [0.29, 0.717) is 5.92 Å². The van der Waals surface area contributed by atoms with E-state index in [4.69, 9.17) is 0 Å². The van der Waals surface area contributed by atoms with Crippen LogP contribution >= 0.6 is 11.8 Å². The molecule has 2 rings (SSSR count). The molecule has 0 heterocycles. The van der Waals surface area contributed by atoms with Crippen LogP contribution in [-0.2, 0) is 0 Å². The molecule has 2 N–H and O–H groups in total. The minimum atomic E-state index is -4.26. The topological polar surface area (TPSA) is 32.3 Å². The minimum Gasteiger partial charge on any atom is -0.394 e. The molecular formula is C13H16F3NOS. The molecule has 0 bridgehead atoms. The Morgan fingerprint density at radius 3 is 2.37 bits per heavy atom. The summed E-state index contributed by atoms with van der Waals surface area (Å²) in [5, 5.41) is 12.6. The van der Waals surface area contributed by atoms with E-state index >= 15 is 0 Å². The molecule has 2 nitrogen and oxygen atoms in total. The normalized spacial score (nSPS) is 17.5. The van der Waals surface area contributed by atoms with Crippen LogP contribution in [0.4, 0.5) is 13.2 Å². The van der Waals surface area contributed by atoms with Crippen LogP contribution in [0.5, 0.6) is 0 Å². The second-order valence-electron chi connectivity index (χ2n) is 4.70. The van der Waals surface area contributed by atoms with Gasteiger partial charge in [-0.25, -0.2) is 0 Å². The maximum absolute atomic E-state index is 12.2. The highest BCUT2D eigenvalue weighted by Gasteiger charge is 2.29. The lowest BCUT2D eigenvalue weighted by Crippen LogP contribution is -2.26. The Labute approximate surface area is 114 Å². The van der Waals surface area contributed by atoms with Crippen LogP contribution in [0.3, 0.4) is 0 Å². The van der Waals surface area contributed by atoms with Crippen molar-refractivity contribution in [2.75, 3.05) is 13.2 Å². The van der Waals surface area contributed by atoms with E-state index in [1.165, 1.54) is 25.0 Å². The predicted molar refractivity (Wildman–Crippen MR) is 68.9 cm³/mol. The maximum atomic E-state index is 12.2. The lowest BCUT2D eigenvalue weighted by molar-refractivity contribution is -0.0328. The molecule has 0 saturated heterocycles. The van der Waals surface area contributed by atoms with Crippen LogP contribution in [0.25, 0.3) is 0 Å². The van der Waals surface area contributed by atoms with Gasteiger partial charge < -0.3 is 10.4 Å². The van der Waals surface area contributed by atoms with Gasteiger partial charge in [-0.05, 0) is 54.8 Å². The van der Waals surface area contributed by atoms with E-state index in [1.54, 1.807) is 12.1 Å². The van der Waals surface area contributed by atoms with Crippen molar-refractivity contribution in [2.45, 2.75) is 29.3 Å². The molecule has 106 valence electrons. The third kappa shape index (κ3) is 5.04. The smallest absolute Gasteiger partial charge is 0.394 e. The highest BCUT2D eigenvalue weighted by Crippen LogP contribution is 2.37. The van der Waals surface area contributed by atoms with Crippen molar-refractivity contribution in [2.24, 2.45) is 5.92 Å². The Hall–Kier alpha value is -0.720. The monoisotopic (exact) mass is 291 g/mol. The number of rotatable bonds is 6. The van der Waals surface area contributed by atoms with Gasteiger partial charge in [0.05, 0.1) is 12.6 Å². The van der Waals surface area contributed by atoms with Gasteiger partial charge in [-0.2, -0.15) is 13.2 Å². The molecule has 1 aromatic rings. The lowest BCUT2D eigenvalue weighted by Gasteiger charge is -2.17. The maximum Gasteiger partial charge on any atom is 0.446 e. The summed E-state index contributed by atoms with van der Waals surface area (Å²) in [7, 11) is 0. The van der Waals surface area contributed by atoms with E-state index in [9.17, 15) is 18.3 Å².